The third kappa shape index (κ3) is 6.05. The number of amides is 1. The lowest BCUT2D eigenvalue weighted by atomic mass is 10.1. The van der Waals surface area contributed by atoms with Gasteiger partial charge in [-0.05, 0) is 17.7 Å². The standard InChI is InChI=1S/C15H24N2O3S/c1-2-8-21-10-12(16)14(19)15(20)17-13(9-18)11-6-4-3-5-7-11/h3-7,12-14,18-19H,2,8-10,16H2,1H3,(H,17,20)/t12-,13+,14+/m1/s1. The predicted molar refractivity (Wildman–Crippen MR) is 86.0 cm³/mol. The van der Waals surface area contributed by atoms with Crippen molar-refractivity contribution in [1.29, 1.82) is 0 Å². The summed E-state index contributed by atoms with van der Waals surface area (Å²) in [6.45, 7) is 1.83. The van der Waals surface area contributed by atoms with Crippen molar-refractivity contribution < 1.29 is 15.0 Å². The lowest BCUT2D eigenvalue weighted by molar-refractivity contribution is -0.131. The number of aliphatic hydroxyl groups is 2. The Morgan fingerprint density at radius 1 is 1.38 bits per heavy atom. The maximum absolute atomic E-state index is 12.0. The Hall–Kier alpha value is -1.08. The van der Waals surface area contributed by atoms with Crippen LogP contribution in [0.5, 0.6) is 0 Å². The minimum Gasteiger partial charge on any atom is -0.394 e. The topological polar surface area (TPSA) is 95.6 Å². The van der Waals surface area contributed by atoms with Gasteiger partial charge in [-0.15, -0.1) is 0 Å². The molecule has 0 aliphatic carbocycles. The molecule has 1 aromatic carbocycles. The Morgan fingerprint density at radius 2 is 2.05 bits per heavy atom. The van der Waals surface area contributed by atoms with Crippen LogP contribution in [0.2, 0.25) is 0 Å². The summed E-state index contributed by atoms with van der Waals surface area (Å²) in [6.07, 6.45) is -0.243. The van der Waals surface area contributed by atoms with E-state index in [0.717, 1.165) is 17.7 Å². The van der Waals surface area contributed by atoms with Crippen molar-refractivity contribution in [2.45, 2.75) is 31.5 Å². The third-order valence-corrected chi connectivity index (χ3v) is 4.35. The fourth-order valence-corrected chi connectivity index (χ4v) is 2.74. The number of benzene rings is 1. The molecule has 118 valence electrons. The number of nitrogens with two attached hydrogens (primary N) is 1. The molecular formula is C15H24N2O3S. The van der Waals surface area contributed by atoms with Crippen molar-refractivity contribution in [2.24, 2.45) is 5.73 Å². The van der Waals surface area contributed by atoms with E-state index in [1.807, 2.05) is 30.3 Å². The molecule has 0 heterocycles. The van der Waals surface area contributed by atoms with Crippen LogP contribution in [0.25, 0.3) is 0 Å². The normalized spacial score (nSPS) is 15.2. The number of carbonyl (C=O) groups excluding carboxylic acids is 1. The first-order valence-electron chi connectivity index (χ1n) is 7.07. The Bertz CT molecular complexity index is 417. The van der Waals surface area contributed by atoms with E-state index >= 15 is 0 Å². The van der Waals surface area contributed by atoms with Gasteiger partial charge in [0, 0.05) is 11.8 Å². The van der Waals surface area contributed by atoms with Crippen molar-refractivity contribution in [3.8, 4) is 0 Å². The fraction of sp³-hybridized carbons (Fsp3) is 0.533. The molecule has 0 aromatic heterocycles. The highest BCUT2D eigenvalue weighted by atomic mass is 32.2. The largest absolute Gasteiger partial charge is 0.394 e. The fourth-order valence-electron chi connectivity index (χ4n) is 1.83. The maximum Gasteiger partial charge on any atom is 0.251 e. The molecule has 1 rings (SSSR count). The Morgan fingerprint density at radius 3 is 2.62 bits per heavy atom. The van der Waals surface area contributed by atoms with E-state index in [1.165, 1.54) is 0 Å². The molecule has 1 amide bonds. The van der Waals surface area contributed by atoms with Gasteiger partial charge in [-0.2, -0.15) is 11.8 Å². The van der Waals surface area contributed by atoms with E-state index in [9.17, 15) is 15.0 Å². The molecule has 5 nitrogen and oxygen atoms in total. The minimum atomic E-state index is -1.27. The van der Waals surface area contributed by atoms with Crippen LogP contribution in [-0.4, -0.2) is 46.4 Å². The van der Waals surface area contributed by atoms with Crippen molar-refractivity contribution in [1.82, 2.24) is 5.32 Å². The van der Waals surface area contributed by atoms with E-state index in [4.69, 9.17) is 5.73 Å². The maximum atomic E-state index is 12.0. The number of nitrogens with one attached hydrogen (secondary N) is 1. The molecule has 3 atom stereocenters. The molecule has 0 radical (unpaired) electrons. The van der Waals surface area contributed by atoms with Gasteiger partial charge in [0.15, 0.2) is 0 Å². The molecule has 0 spiro atoms. The second-order valence-corrected chi connectivity index (χ2v) is 5.99. The molecule has 0 saturated carbocycles. The summed E-state index contributed by atoms with van der Waals surface area (Å²) in [5.74, 6) is 0.922. The summed E-state index contributed by atoms with van der Waals surface area (Å²) in [6, 6.07) is 7.98. The van der Waals surface area contributed by atoms with Crippen LogP contribution >= 0.6 is 11.8 Å². The average Bonchev–Trinajstić information content (AvgIpc) is 2.52. The van der Waals surface area contributed by atoms with Crippen LogP contribution in [0.4, 0.5) is 0 Å². The van der Waals surface area contributed by atoms with E-state index in [0.29, 0.717) is 5.75 Å². The van der Waals surface area contributed by atoms with Gasteiger partial charge < -0.3 is 21.3 Å². The van der Waals surface area contributed by atoms with Gasteiger partial charge in [-0.1, -0.05) is 37.3 Å². The van der Waals surface area contributed by atoms with Crippen LogP contribution in [0.1, 0.15) is 24.9 Å². The molecule has 0 saturated heterocycles. The third-order valence-electron chi connectivity index (χ3n) is 3.03. The van der Waals surface area contributed by atoms with Crippen LogP contribution in [0.3, 0.4) is 0 Å². The highest BCUT2D eigenvalue weighted by molar-refractivity contribution is 7.99. The number of rotatable bonds is 9. The first-order chi connectivity index (χ1) is 10.1. The van der Waals surface area contributed by atoms with Crippen molar-refractivity contribution in [3.05, 3.63) is 35.9 Å². The quantitative estimate of drug-likeness (QED) is 0.503. The van der Waals surface area contributed by atoms with E-state index < -0.39 is 24.1 Å². The van der Waals surface area contributed by atoms with Crippen LogP contribution in [0, 0.1) is 0 Å². The van der Waals surface area contributed by atoms with Gasteiger partial charge in [0.05, 0.1) is 12.6 Å². The summed E-state index contributed by atoms with van der Waals surface area (Å²) < 4.78 is 0. The lowest BCUT2D eigenvalue weighted by Crippen LogP contribution is -2.49. The first-order valence-corrected chi connectivity index (χ1v) is 8.23. The molecule has 1 aromatic rings. The smallest absolute Gasteiger partial charge is 0.251 e. The number of hydrogen-bond acceptors (Lipinski definition) is 5. The molecule has 6 heteroatoms. The Labute approximate surface area is 129 Å². The number of aliphatic hydroxyl groups excluding tert-OH is 2. The van der Waals surface area contributed by atoms with Crippen LogP contribution in [-0.2, 0) is 4.79 Å². The number of thioether (sulfide) groups is 1. The van der Waals surface area contributed by atoms with E-state index in [2.05, 4.69) is 12.2 Å². The SMILES string of the molecule is CCCSC[C@@H](N)[C@H](O)C(=O)N[C@@H](CO)c1ccccc1. The van der Waals surface area contributed by atoms with Crippen molar-refractivity contribution in [2.75, 3.05) is 18.1 Å². The average molecular weight is 312 g/mol. The minimum absolute atomic E-state index is 0.234. The molecule has 21 heavy (non-hydrogen) atoms. The first kappa shape index (κ1) is 18.0. The molecule has 0 fully saturated rings. The predicted octanol–water partition coefficient (Wildman–Crippen LogP) is 0.668. The van der Waals surface area contributed by atoms with Gasteiger partial charge in [-0.3, -0.25) is 4.79 Å². The summed E-state index contributed by atoms with van der Waals surface area (Å²) in [5.41, 5.74) is 6.61. The second kappa shape index (κ2) is 9.78. The molecule has 0 bridgehead atoms. The molecular weight excluding hydrogens is 288 g/mol. The zero-order valence-electron chi connectivity index (χ0n) is 12.2. The second-order valence-electron chi connectivity index (χ2n) is 4.84. The highest BCUT2D eigenvalue weighted by Gasteiger charge is 2.25. The van der Waals surface area contributed by atoms with Gasteiger partial charge in [0.25, 0.3) is 5.91 Å². The van der Waals surface area contributed by atoms with Gasteiger partial charge in [-0.25, -0.2) is 0 Å². The number of carbonyl (C=O) groups is 1. The van der Waals surface area contributed by atoms with Crippen LogP contribution < -0.4 is 11.1 Å². The van der Waals surface area contributed by atoms with Crippen molar-refractivity contribution in [3.63, 3.8) is 0 Å². The van der Waals surface area contributed by atoms with Crippen molar-refractivity contribution >= 4 is 17.7 Å². The molecule has 0 aliphatic rings. The number of hydrogen-bond donors (Lipinski definition) is 4. The Kier molecular flexibility index (Phi) is 8.37. The summed E-state index contributed by atoms with van der Waals surface area (Å²) in [7, 11) is 0. The van der Waals surface area contributed by atoms with Gasteiger partial charge >= 0.3 is 0 Å². The summed E-state index contributed by atoms with van der Waals surface area (Å²) >= 11 is 1.61. The lowest BCUT2D eigenvalue weighted by Gasteiger charge is -2.22. The molecule has 0 unspecified atom stereocenters. The van der Waals surface area contributed by atoms with E-state index in [1.54, 1.807) is 11.8 Å². The zero-order chi connectivity index (χ0) is 15.7. The zero-order valence-corrected chi connectivity index (χ0v) is 13.1. The Balaban J connectivity index is 2.53. The van der Waals surface area contributed by atoms with Gasteiger partial charge in [0.2, 0.25) is 0 Å². The summed E-state index contributed by atoms with van der Waals surface area (Å²) in [5, 5.41) is 22.0. The van der Waals surface area contributed by atoms with E-state index in [-0.39, 0.29) is 6.61 Å². The monoisotopic (exact) mass is 312 g/mol. The van der Waals surface area contributed by atoms with Gasteiger partial charge in [0.1, 0.15) is 6.10 Å². The molecule has 0 aliphatic heterocycles. The summed E-state index contributed by atoms with van der Waals surface area (Å²) in [4.78, 5) is 12.0. The highest BCUT2D eigenvalue weighted by Crippen LogP contribution is 2.12. The molecule has 5 N–H and O–H groups in total. The van der Waals surface area contributed by atoms with Crippen LogP contribution in [0.15, 0.2) is 30.3 Å².